The van der Waals surface area contributed by atoms with E-state index in [1.54, 1.807) is 6.07 Å². The number of carbonyl (C=O) groups is 1. The third-order valence-electron chi connectivity index (χ3n) is 4.68. The molecule has 0 amide bonds. The lowest BCUT2D eigenvalue weighted by molar-refractivity contribution is 0.0696. The monoisotopic (exact) mass is 312 g/mol. The number of benzene rings is 1. The highest BCUT2D eigenvalue weighted by Crippen LogP contribution is 2.33. The van der Waals surface area contributed by atoms with Gasteiger partial charge in [0, 0.05) is 17.8 Å². The molecular weight excluding hydrogens is 288 g/mol. The standard InChI is InChI=1S/C19H24N2O2/c1-3-4-7-16-18(17-8-5-6-11-21(17)20-16)14-9-10-15(19(22)23)13(2)12-14/h9-10,12H,3-8,11H2,1-2H3,(H,22,23). The van der Waals surface area contributed by atoms with Crippen LogP contribution in [-0.2, 0) is 19.4 Å². The first-order valence-corrected chi connectivity index (χ1v) is 8.54. The molecule has 0 fully saturated rings. The maximum Gasteiger partial charge on any atom is 0.335 e. The summed E-state index contributed by atoms with van der Waals surface area (Å²) in [6.07, 6.45) is 6.74. The van der Waals surface area contributed by atoms with E-state index in [2.05, 4.69) is 11.6 Å². The van der Waals surface area contributed by atoms with Crippen LogP contribution in [0.4, 0.5) is 0 Å². The van der Waals surface area contributed by atoms with Crippen LogP contribution < -0.4 is 0 Å². The summed E-state index contributed by atoms with van der Waals surface area (Å²) in [5.74, 6) is -0.864. The lowest BCUT2D eigenvalue weighted by atomic mass is 9.94. The molecule has 3 rings (SSSR count). The van der Waals surface area contributed by atoms with E-state index < -0.39 is 5.97 Å². The molecule has 0 bridgehead atoms. The summed E-state index contributed by atoms with van der Waals surface area (Å²) >= 11 is 0. The summed E-state index contributed by atoms with van der Waals surface area (Å²) in [4.78, 5) is 11.2. The Hall–Kier alpha value is -2.10. The van der Waals surface area contributed by atoms with E-state index in [1.165, 1.54) is 29.8 Å². The second-order valence-corrected chi connectivity index (χ2v) is 6.39. The van der Waals surface area contributed by atoms with E-state index in [0.29, 0.717) is 5.56 Å². The fourth-order valence-corrected chi connectivity index (χ4v) is 3.46. The first-order valence-electron chi connectivity index (χ1n) is 8.54. The van der Waals surface area contributed by atoms with Crippen LogP contribution in [0.25, 0.3) is 11.1 Å². The zero-order chi connectivity index (χ0) is 16.4. The van der Waals surface area contributed by atoms with Crippen molar-refractivity contribution in [2.45, 2.75) is 58.9 Å². The number of aryl methyl sites for hydroxylation is 3. The van der Waals surface area contributed by atoms with Gasteiger partial charge in [0.05, 0.1) is 11.3 Å². The highest BCUT2D eigenvalue weighted by atomic mass is 16.4. The number of aromatic carboxylic acids is 1. The van der Waals surface area contributed by atoms with Gasteiger partial charge in [0.1, 0.15) is 0 Å². The summed E-state index contributed by atoms with van der Waals surface area (Å²) in [6.45, 7) is 5.07. The van der Waals surface area contributed by atoms with Gasteiger partial charge in [-0.2, -0.15) is 5.10 Å². The second kappa shape index (κ2) is 6.57. The maximum atomic E-state index is 11.2. The zero-order valence-corrected chi connectivity index (χ0v) is 13.9. The molecule has 2 aromatic rings. The van der Waals surface area contributed by atoms with Crippen molar-refractivity contribution in [1.29, 1.82) is 0 Å². The molecule has 23 heavy (non-hydrogen) atoms. The molecule has 4 nitrogen and oxygen atoms in total. The van der Waals surface area contributed by atoms with Gasteiger partial charge in [0.25, 0.3) is 0 Å². The third-order valence-corrected chi connectivity index (χ3v) is 4.68. The molecule has 4 heteroatoms. The second-order valence-electron chi connectivity index (χ2n) is 6.39. The van der Waals surface area contributed by atoms with Gasteiger partial charge >= 0.3 is 5.97 Å². The van der Waals surface area contributed by atoms with Crippen LogP contribution in [0.2, 0.25) is 0 Å². The molecule has 122 valence electrons. The predicted molar refractivity (Wildman–Crippen MR) is 90.9 cm³/mol. The average Bonchev–Trinajstić information content (AvgIpc) is 2.90. The van der Waals surface area contributed by atoms with Crippen molar-refractivity contribution in [2.75, 3.05) is 0 Å². The summed E-state index contributed by atoms with van der Waals surface area (Å²) in [6, 6.07) is 5.67. The molecular formula is C19H24N2O2. The van der Waals surface area contributed by atoms with Crippen molar-refractivity contribution < 1.29 is 9.90 Å². The molecule has 1 aromatic carbocycles. The van der Waals surface area contributed by atoms with Gasteiger partial charge in [-0.1, -0.05) is 25.5 Å². The van der Waals surface area contributed by atoms with Crippen LogP contribution in [0.5, 0.6) is 0 Å². The van der Waals surface area contributed by atoms with Crippen molar-refractivity contribution in [3.8, 4) is 11.1 Å². The van der Waals surface area contributed by atoms with Gasteiger partial charge in [-0.15, -0.1) is 0 Å². The lowest BCUT2D eigenvalue weighted by Crippen LogP contribution is -2.11. The molecule has 0 saturated carbocycles. The smallest absolute Gasteiger partial charge is 0.335 e. The van der Waals surface area contributed by atoms with Gasteiger partial charge in [0.15, 0.2) is 0 Å². The first-order chi connectivity index (χ1) is 11.1. The largest absolute Gasteiger partial charge is 0.478 e. The Labute approximate surface area is 137 Å². The normalized spacial score (nSPS) is 13.8. The number of carboxylic acids is 1. The Bertz CT molecular complexity index is 731. The molecule has 0 spiro atoms. The van der Waals surface area contributed by atoms with Gasteiger partial charge in [0.2, 0.25) is 0 Å². The van der Waals surface area contributed by atoms with Crippen molar-refractivity contribution in [2.24, 2.45) is 0 Å². The Morgan fingerprint density at radius 1 is 1.35 bits per heavy atom. The minimum absolute atomic E-state index is 0.380. The van der Waals surface area contributed by atoms with Crippen LogP contribution in [0.3, 0.4) is 0 Å². The Kier molecular flexibility index (Phi) is 4.51. The SMILES string of the molecule is CCCCc1nn2c(c1-c1ccc(C(=O)O)c(C)c1)CCCC2. The highest BCUT2D eigenvalue weighted by molar-refractivity contribution is 5.90. The molecule has 1 aromatic heterocycles. The fourth-order valence-electron chi connectivity index (χ4n) is 3.46. The molecule has 1 aliphatic rings. The third kappa shape index (κ3) is 3.03. The number of rotatable bonds is 5. The van der Waals surface area contributed by atoms with Crippen LogP contribution in [0.1, 0.15) is 59.9 Å². The fraction of sp³-hybridized carbons (Fsp3) is 0.474. The summed E-state index contributed by atoms with van der Waals surface area (Å²) in [5, 5.41) is 14.1. The minimum Gasteiger partial charge on any atom is -0.478 e. The molecule has 0 unspecified atom stereocenters. The quantitative estimate of drug-likeness (QED) is 0.898. The molecule has 1 N–H and O–H groups in total. The van der Waals surface area contributed by atoms with E-state index in [4.69, 9.17) is 5.10 Å². The number of hydrogen-bond acceptors (Lipinski definition) is 2. The van der Waals surface area contributed by atoms with Crippen molar-refractivity contribution in [3.63, 3.8) is 0 Å². The Morgan fingerprint density at radius 3 is 2.87 bits per heavy atom. The lowest BCUT2D eigenvalue weighted by Gasteiger charge is -2.15. The van der Waals surface area contributed by atoms with Crippen molar-refractivity contribution >= 4 is 5.97 Å². The van der Waals surface area contributed by atoms with Crippen molar-refractivity contribution in [1.82, 2.24) is 9.78 Å². The topological polar surface area (TPSA) is 55.1 Å². The van der Waals surface area contributed by atoms with Crippen LogP contribution in [0, 0.1) is 6.92 Å². The van der Waals surface area contributed by atoms with E-state index in [-0.39, 0.29) is 0 Å². The number of nitrogens with zero attached hydrogens (tertiary/aromatic N) is 2. The molecule has 1 aliphatic heterocycles. The van der Waals surface area contributed by atoms with Gasteiger partial charge < -0.3 is 5.11 Å². The minimum atomic E-state index is -0.864. The zero-order valence-electron chi connectivity index (χ0n) is 13.9. The molecule has 0 atom stereocenters. The van der Waals surface area contributed by atoms with Crippen LogP contribution in [-0.4, -0.2) is 20.9 Å². The van der Waals surface area contributed by atoms with Crippen molar-refractivity contribution in [3.05, 3.63) is 40.7 Å². The molecule has 2 heterocycles. The predicted octanol–water partition coefficient (Wildman–Crippen LogP) is 4.24. The molecule has 0 radical (unpaired) electrons. The molecule has 0 saturated heterocycles. The number of carboxylic acid groups (broad SMARTS) is 1. The van der Waals surface area contributed by atoms with Gasteiger partial charge in [-0.3, -0.25) is 4.68 Å². The number of unbranched alkanes of at least 4 members (excludes halogenated alkanes) is 1. The number of hydrogen-bond donors (Lipinski definition) is 1. The highest BCUT2D eigenvalue weighted by Gasteiger charge is 2.22. The molecule has 0 aliphatic carbocycles. The van der Waals surface area contributed by atoms with E-state index >= 15 is 0 Å². The first kappa shape index (κ1) is 15.8. The summed E-state index contributed by atoms with van der Waals surface area (Å²) in [5.41, 5.74) is 6.05. The number of fused-ring (bicyclic) bond motifs is 1. The van der Waals surface area contributed by atoms with Gasteiger partial charge in [-0.25, -0.2) is 4.79 Å². The maximum absolute atomic E-state index is 11.2. The van der Waals surface area contributed by atoms with E-state index in [9.17, 15) is 9.90 Å². The number of aromatic nitrogens is 2. The van der Waals surface area contributed by atoms with Crippen LogP contribution in [0.15, 0.2) is 18.2 Å². The summed E-state index contributed by atoms with van der Waals surface area (Å²) < 4.78 is 2.17. The van der Waals surface area contributed by atoms with Crippen LogP contribution >= 0.6 is 0 Å². The average molecular weight is 312 g/mol. The van der Waals surface area contributed by atoms with E-state index in [0.717, 1.165) is 43.4 Å². The van der Waals surface area contributed by atoms with E-state index in [1.807, 2.05) is 19.1 Å². The Balaban J connectivity index is 2.08. The summed E-state index contributed by atoms with van der Waals surface area (Å²) in [7, 11) is 0. The van der Waals surface area contributed by atoms with Gasteiger partial charge in [-0.05, 0) is 56.2 Å². The Morgan fingerprint density at radius 2 is 2.17 bits per heavy atom.